The van der Waals surface area contributed by atoms with Crippen molar-refractivity contribution < 1.29 is 22.4 Å². The number of anilines is 1. The Hall–Kier alpha value is -1.86. The van der Waals surface area contributed by atoms with Gasteiger partial charge in [0.2, 0.25) is 17.5 Å². The summed E-state index contributed by atoms with van der Waals surface area (Å²) in [4.78, 5) is 13.8. The maximum atomic E-state index is 13.2. The van der Waals surface area contributed by atoms with E-state index in [1.165, 1.54) is 0 Å². The van der Waals surface area contributed by atoms with Crippen LogP contribution in [0, 0.1) is 23.5 Å². The normalized spacial score (nSPS) is 11.3. The quantitative estimate of drug-likeness (QED) is 0.657. The van der Waals surface area contributed by atoms with E-state index >= 15 is 0 Å². The summed E-state index contributed by atoms with van der Waals surface area (Å²) in [7, 11) is 0. The lowest BCUT2D eigenvalue weighted by atomic mass is 10.1. The van der Waals surface area contributed by atoms with Crippen LogP contribution in [0.1, 0.15) is 20.8 Å². The number of nitrogens with one attached hydrogen (secondary N) is 2. The predicted octanol–water partition coefficient (Wildman–Crippen LogP) is 1.96. The molecule has 1 aromatic rings. The van der Waals surface area contributed by atoms with Gasteiger partial charge >= 0.3 is 0 Å². The van der Waals surface area contributed by atoms with Crippen molar-refractivity contribution in [3.8, 4) is 0 Å². The summed E-state index contributed by atoms with van der Waals surface area (Å²) in [6.45, 7) is 4.58. The summed E-state index contributed by atoms with van der Waals surface area (Å²) < 4.78 is 51.9. The van der Waals surface area contributed by atoms with Crippen molar-refractivity contribution in [2.75, 3.05) is 11.9 Å². The van der Waals surface area contributed by atoms with Crippen molar-refractivity contribution in [2.24, 2.45) is 0 Å². The molecule has 0 unspecified atom stereocenters. The van der Waals surface area contributed by atoms with Crippen molar-refractivity contribution in [3.63, 3.8) is 0 Å². The highest BCUT2D eigenvalue weighted by Crippen LogP contribution is 2.21. The molecule has 1 rings (SSSR count). The second-order valence-corrected chi connectivity index (χ2v) is 4.85. The minimum atomic E-state index is -1.78. The Kier molecular flexibility index (Phi) is 4.33. The van der Waals surface area contributed by atoms with Crippen LogP contribution in [0.15, 0.2) is 0 Å². The van der Waals surface area contributed by atoms with Crippen LogP contribution in [-0.2, 0) is 4.79 Å². The Balaban J connectivity index is 2.81. The molecule has 0 aromatic carbocycles. The third-order valence-corrected chi connectivity index (χ3v) is 1.94. The van der Waals surface area contributed by atoms with Gasteiger partial charge in [0.1, 0.15) is 5.69 Å². The van der Waals surface area contributed by atoms with Gasteiger partial charge in [0, 0.05) is 5.54 Å². The number of amides is 1. The molecule has 0 fully saturated rings. The highest BCUT2D eigenvalue weighted by molar-refractivity contribution is 5.81. The molecule has 0 bridgehead atoms. The molecule has 0 atom stereocenters. The van der Waals surface area contributed by atoms with Gasteiger partial charge in [0.25, 0.3) is 11.9 Å². The molecule has 4 nitrogen and oxygen atoms in total. The van der Waals surface area contributed by atoms with E-state index in [1.54, 1.807) is 20.8 Å². The zero-order valence-electron chi connectivity index (χ0n) is 10.6. The highest BCUT2D eigenvalue weighted by Gasteiger charge is 2.21. The van der Waals surface area contributed by atoms with Crippen LogP contribution >= 0.6 is 0 Å². The van der Waals surface area contributed by atoms with Crippen LogP contribution in [0.4, 0.5) is 23.2 Å². The van der Waals surface area contributed by atoms with Gasteiger partial charge in [-0.1, -0.05) is 0 Å². The lowest BCUT2D eigenvalue weighted by molar-refractivity contribution is -0.120. The van der Waals surface area contributed by atoms with Gasteiger partial charge in [-0.15, -0.1) is 0 Å². The van der Waals surface area contributed by atoms with E-state index in [9.17, 15) is 22.4 Å². The Morgan fingerprint density at radius 2 is 1.58 bits per heavy atom. The van der Waals surface area contributed by atoms with Crippen molar-refractivity contribution in [3.05, 3.63) is 23.5 Å². The van der Waals surface area contributed by atoms with Gasteiger partial charge in [-0.3, -0.25) is 4.79 Å². The van der Waals surface area contributed by atoms with E-state index in [0.717, 1.165) is 0 Å². The first-order valence-electron chi connectivity index (χ1n) is 5.36. The molecular formula is C11H13F4N3O. The number of carbonyl (C=O) groups is 1. The lowest BCUT2D eigenvalue weighted by Gasteiger charge is -2.20. The summed E-state index contributed by atoms with van der Waals surface area (Å²) in [5, 5.41) is 4.51. The Labute approximate surface area is 107 Å². The molecular weight excluding hydrogens is 266 g/mol. The molecule has 1 heterocycles. The van der Waals surface area contributed by atoms with Gasteiger partial charge in [-0.25, -0.2) is 0 Å². The van der Waals surface area contributed by atoms with Crippen molar-refractivity contribution in [1.29, 1.82) is 0 Å². The smallest absolute Gasteiger partial charge is 0.253 e. The number of hydrogen-bond acceptors (Lipinski definition) is 3. The number of pyridine rings is 1. The fourth-order valence-corrected chi connectivity index (χ4v) is 1.27. The molecule has 0 aliphatic heterocycles. The van der Waals surface area contributed by atoms with Crippen LogP contribution in [0.5, 0.6) is 0 Å². The predicted molar refractivity (Wildman–Crippen MR) is 60.5 cm³/mol. The standard InChI is InChI=1S/C11H13F4N3O/c1-11(2,3)18-5(19)4-16-8-6(12)9(14)17-10(15)7(8)13/h4H2,1-3H3,(H,16,17)(H,18,19). The van der Waals surface area contributed by atoms with Crippen LogP contribution in [-0.4, -0.2) is 23.0 Å². The molecule has 0 saturated heterocycles. The van der Waals surface area contributed by atoms with Gasteiger partial charge in [-0.05, 0) is 20.8 Å². The van der Waals surface area contributed by atoms with E-state index in [-0.39, 0.29) is 0 Å². The third kappa shape index (κ3) is 4.08. The average molecular weight is 279 g/mol. The monoisotopic (exact) mass is 279 g/mol. The Morgan fingerprint density at radius 3 is 2.00 bits per heavy atom. The average Bonchev–Trinajstić information content (AvgIpc) is 2.24. The van der Waals surface area contributed by atoms with Crippen molar-refractivity contribution in [2.45, 2.75) is 26.3 Å². The minimum Gasteiger partial charge on any atom is -0.371 e. The van der Waals surface area contributed by atoms with Gasteiger partial charge in [0.05, 0.1) is 6.54 Å². The maximum Gasteiger partial charge on any atom is 0.253 e. The third-order valence-electron chi connectivity index (χ3n) is 1.94. The summed E-state index contributed by atoms with van der Waals surface area (Å²) in [5.74, 6) is -7.50. The van der Waals surface area contributed by atoms with Gasteiger partial charge in [0.15, 0.2) is 0 Å². The summed E-state index contributed by atoms with van der Waals surface area (Å²) >= 11 is 0. The fraction of sp³-hybridized carbons (Fsp3) is 0.455. The second kappa shape index (κ2) is 5.41. The molecule has 1 aromatic heterocycles. The zero-order chi connectivity index (χ0) is 14.8. The molecule has 0 aliphatic rings. The van der Waals surface area contributed by atoms with Crippen molar-refractivity contribution in [1.82, 2.24) is 10.3 Å². The molecule has 8 heteroatoms. The second-order valence-electron chi connectivity index (χ2n) is 4.85. The number of aromatic nitrogens is 1. The zero-order valence-corrected chi connectivity index (χ0v) is 10.6. The Morgan fingerprint density at radius 1 is 1.11 bits per heavy atom. The maximum absolute atomic E-state index is 13.2. The first-order valence-corrected chi connectivity index (χ1v) is 5.36. The fourth-order valence-electron chi connectivity index (χ4n) is 1.27. The number of hydrogen-bond donors (Lipinski definition) is 2. The van der Waals surface area contributed by atoms with E-state index in [0.29, 0.717) is 0 Å². The first-order chi connectivity index (χ1) is 8.61. The highest BCUT2D eigenvalue weighted by atomic mass is 19.2. The number of halogens is 4. The summed E-state index contributed by atoms with van der Waals surface area (Å²) in [6.07, 6.45) is 0. The largest absolute Gasteiger partial charge is 0.371 e. The van der Waals surface area contributed by atoms with Crippen LogP contribution in [0.25, 0.3) is 0 Å². The van der Waals surface area contributed by atoms with E-state index in [4.69, 9.17) is 0 Å². The lowest BCUT2D eigenvalue weighted by Crippen LogP contribution is -2.43. The molecule has 106 valence electrons. The molecule has 0 spiro atoms. The number of carbonyl (C=O) groups excluding carboxylic acids is 1. The van der Waals surface area contributed by atoms with E-state index in [2.05, 4.69) is 10.3 Å². The van der Waals surface area contributed by atoms with Crippen LogP contribution in [0.2, 0.25) is 0 Å². The summed E-state index contributed by atoms with van der Waals surface area (Å²) in [5.41, 5.74) is -1.60. The molecule has 0 saturated carbocycles. The van der Waals surface area contributed by atoms with Crippen LogP contribution in [0.3, 0.4) is 0 Å². The number of rotatable bonds is 3. The molecule has 19 heavy (non-hydrogen) atoms. The Bertz CT molecular complexity index is 473. The SMILES string of the molecule is CC(C)(C)NC(=O)CNc1c(F)c(F)nc(F)c1F. The number of nitrogens with zero attached hydrogens (tertiary/aromatic N) is 1. The van der Waals surface area contributed by atoms with Crippen molar-refractivity contribution >= 4 is 11.6 Å². The molecule has 2 N–H and O–H groups in total. The van der Waals surface area contributed by atoms with E-state index in [1.807, 2.05) is 5.32 Å². The van der Waals surface area contributed by atoms with Gasteiger partial charge < -0.3 is 10.6 Å². The topological polar surface area (TPSA) is 54.0 Å². The van der Waals surface area contributed by atoms with Crippen LogP contribution < -0.4 is 10.6 Å². The van der Waals surface area contributed by atoms with Gasteiger partial charge in [-0.2, -0.15) is 22.5 Å². The summed E-state index contributed by atoms with van der Waals surface area (Å²) in [6, 6.07) is 0. The molecule has 0 radical (unpaired) electrons. The molecule has 0 aliphatic carbocycles. The van der Waals surface area contributed by atoms with E-state index < -0.39 is 47.2 Å². The minimum absolute atomic E-state index is 0.534. The molecule has 1 amide bonds. The first kappa shape index (κ1) is 15.2.